The van der Waals surface area contributed by atoms with Gasteiger partial charge in [0, 0.05) is 9.79 Å². The number of benzene rings is 2. The number of halogens is 1. The molecule has 90 valence electrons. The Hall–Kier alpha value is -1.83. The third kappa shape index (κ3) is 2.89. The predicted molar refractivity (Wildman–Crippen MR) is 67.6 cm³/mol. The van der Waals surface area contributed by atoms with Gasteiger partial charge in [0.15, 0.2) is 0 Å². The monoisotopic (exact) mass is 259 g/mol. The van der Waals surface area contributed by atoms with Crippen molar-refractivity contribution in [3.63, 3.8) is 0 Å². The Labute approximate surface area is 109 Å². The van der Waals surface area contributed by atoms with Crippen molar-refractivity contribution >= 4 is 11.8 Å². The van der Waals surface area contributed by atoms with Gasteiger partial charge in [0.1, 0.15) is 11.9 Å². The third-order valence-electron chi connectivity index (χ3n) is 2.40. The molecule has 0 spiro atoms. The molecular weight excluding hydrogens is 249 g/mol. The van der Waals surface area contributed by atoms with Crippen LogP contribution in [0.15, 0.2) is 52.3 Å². The molecule has 0 radical (unpaired) electrons. The highest BCUT2D eigenvalue weighted by atomic mass is 32.2. The van der Waals surface area contributed by atoms with Crippen LogP contribution in [0.25, 0.3) is 0 Å². The Morgan fingerprint density at radius 1 is 1.17 bits per heavy atom. The molecule has 1 N–H and O–H groups in total. The standard InChI is InChI=1S/C14H10FNOS/c15-12-3-6-14(11(7-12)8-16)18-13-4-1-10(9-17)2-5-13/h1-7,17H,9H2. The third-order valence-corrected chi connectivity index (χ3v) is 3.48. The average Bonchev–Trinajstić information content (AvgIpc) is 2.41. The van der Waals surface area contributed by atoms with E-state index in [4.69, 9.17) is 10.4 Å². The van der Waals surface area contributed by atoms with Gasteiger partial charge in [-0.1, -0.05) is 23.9 Å². The van der Waals surface area contributed by atoms with Crippen LogP contribution >= 0.6 is 11.8 Å². The number of nitrogens with zero attached hydrogens (tertiary/aromatic N) is 1. The zero-order chi connectivity index (χ0) is 13.0. The maximum Gasteiger partial charge on any atom is 0.124 e. The molecular formula is C14H10FNOS. The Kier molecular flexibility index (Phi) is 3.98. The first-order valence-corrected chi connectivity index (χ1v) is 6.12. The fourth-order valence-corrected chi connectivity index (χ4v) is 2.35. The fraction of sp³-hybridized carbons (Fsp3) is 0.0714. The van der Waals surface area contributed by atoms with Crippen molar-refractivity contribution in [3.05, 3.63) is 59.4 Å². The van der Waals surface area contributed by atoms with Gasteiger partial charge in [-0.3, -0.25) is 0 Å². The Balaban J connectivity index is 2.25. The molecule has 18 heavy (non-hydrogen) atoms. The molecule has 0 atom stereocenters. The van der Waals surface area contributed by atoms with Crippen LogP contribution < -0.4 is 0 Å². The van der Waals surface area contributed by atoms with Crippen molar-refractivity contribution in [2.75, 3.05) is 0 Å². The molecule has 2 rings (SSSR count). The number of aliphatic hydroxyl groups is 1. The van der Waals surface area contributed by atoms with E-state index in [1.165, 1.54) is 23.9 Å². The minimum Gasteiger partial charge on any atom is -0.392 e. The molecule has 2 aromatic rings. The zero-order valence-electron chi connectivity index (χ0n) is 9.43. The summed E-state index contributed by atoms with van der Waals surface area (Å²) in [6.07, 6.45) is 0. The summed E-state index contributed by atoms with van der Waals surface area (Å²) < 4.78 is 13.0. The summed E-state index contributed by atoms with van der Waals surface area (Å²) in [5.74, 6) is -0.411. The van der Waals surface area contributed by atoms with Crippen molar-refractivity contribution in [3.8, 4) is 6.07 Å². The van der Waals surface area contributed by atoms with E-state index in [-0.39, 0.29) is 6.61 Å². The summed E-state index contributed by atoms with van der Waals surface area (Å²) in [7, 11) is 0. The molecule has 0 aromatic heterocycles. The Morgan fingerprint density at radius 3 is 2.50 bits per heavy atom. The minimum atomic E-state index is -0.411. The van der Waals surface area contributed by atoms with E-state index < -0.39 is 5.82 Å². The molecule has 0 saturated carbocycles. The molecule has 0 aliphatic carbocycles. The van der Waals surface area contributed by atoms with E-state index in [0.717, 1.165) is 15.4 Å². The second-order valence-corrected chi connectivity index (χ2v) is 4.77. The largest absolute Gasteiger partial charge is 0.392 e. The minimum absolute atomic E-state index is 0.00490. The number of nitriles is 1. The van der Waals surface area contributed by atoms with E-state index >= 15 is 0 Å². The van der Waals surface area contributed by atoms with Crippen LogP contribution in [-0.4, -0.2) is 5.11 Å². The lowest BCUT2D eigenvalue weighted by molar-refractivity contribution is 0.282. The molecule has 2 aromatic carbocycles. The molecule has 4 heteroatoms. The van der Waals surface area contributed by atoms with Crippen molar-refractivity contribution in [2.45, 2.75) is 16.4 Å². The molecule has 0 saturated heterocycles. The van der Waals surface area contributed by atoms with Gasteiger partial charge in [-0.2, -0.15) is 5.26 Å². The molecule has 0 heterocycles. The Bertz CT molecular complexity index is 590. The highest BCUT2D eigenvalue weighted by molar-refractivity contribution is 7.99. The first kappa shape index (κ1) is 12.6. The van der Waals surface area contributed by atoms with Gasteiger partial charge in [-0.05, 0) is 35.9 Å². The van der Waals surface area contributed by atoms with Gasteiger partial charge in [0.25, 0.3) is 0 Å². The average molecular weight is 259 g/mol. The highest BCUT2D eigenvalue weighted by Gasteiger charge is 2.05. The molecule has 0 fully saturated rings. The summed E-state index contributed by atoms with van der Waals surface area (Å²) in [6.45, 7) is 0.00490. The predicted octanol–water partition coefficient (Wildman–Crippen LogP) is 3.34. The van der Waals surface area contributed by atoms with Crippen LogP contribution in [0.5, 0.6) is 0 Å². The van der Waals surface area contributed by atoms with Gasteiger partial charge in [-0.25, -0.2) is 4.39 Å². The Morgan fingerprint density at radius 2 is 1.89 bits per heavy atom. The van der Waals surface area contributed by atoms with Crippen molar-refractivity contribution < 1.29 is 9.50 Å². The fourth-order valence-electron chi connectivity index (χ4n) is 1.47. The molecule has 0 amide bonds. The van der Waals surface area contributed by atoms with E-state index in [1.807, 2.05) is 30.3 Å². The van der Waals surface area contributed by atoms with Gasteiger partial charge in [-0.15, -0.1) is 0 Å². The molecule has 0 aliphatic rings. The maximum atomic E-state index is 13.0. The SMILES string of the molecule is N#Cc1cc(F)ccc1Sc1ccc(CO)cc1. The molecule has 0 unspecified atom stereocenters. The number of hydrogen-bond donors (Lipinski definition) is 1. The summed E-state index contributed by atoms with van der Waals surface area (Å²) in [4.78, 5) is 1.66. The van der Waals surface area contributed by atoms with Crippen LogP contribution in [0.1, 0.15) is 11.1 Å². The summed E-state index contributed by atoms with van der Waals surface area (Å²) >= 11 is 1.40. The molecule has 0 aliphatic heterocycles. The van der Waals surface area contributed by atoms with Gasteiger partial charge in [0.2, 0.25) is 0 Å². The highest BCUT2D eigenvalue weighted by Crippen LogP contribution is 2.30. The lowest BCUT2D eigenvalue weighted by Gasteiger charge is -2.04. The van der Waals surface area contributed by atoms with Crippen LogP contribution in [0.4, 0.5) is 4.39 Å². The first-order valence-electron chi connectivity index (χ1n) is 5.30. The van der Waals surface area contributed by atoms with Crippen LogP contribution in [-0.2, 0) is 6.61 Å². The van der Waals surface area contributed by atoms with Gasteiger partial charge >= 0.3 is 0 Å². The lowest BCUT2D eigenvalue weighted by Crippen LogP contribution is -1.85. The van der Waals surface area contributed by atoms with E-state index in [0.29, 0.717) is 5.56 Å². The summed E-state index contributed by atoms with van der Waals surface area (Å²) in [5.41, 5.74) is 1.16. The maximum absolute atomic E-state index is 13.0. The number of rotatable bonds is 3. The quantitative estimate of drug-likeness (QED) is 0.919. The van der Waals surface area contributed by atoms with Crippen LogP contribution in [0.3, 0.4) is 0 Å². The summed E-state index contributed by atoms with van der Waals surface area (Å²) in [6, 6.07) is 13.5. The molecule has 0 bridgehead atoms. The smallest absolute Gasteiger partial charge is 0.124 e. The van der Waals surface area contributed by atoms with E-state index in [2.05, 4.69) is 0 Å². The topological polar surface area (TPSA) is 44.0 Å². The van der Waals surface area contributed by atoms with Gasteiger partial charge < -0.3 is 5.11 Å². The van der Waals surface area contributed by atoms with Crippen molar-refractivity contribution in [1.29, 1.82) is 5.26 Å². The normalized spacial score (nSPS) is 10.1. The molecule has 2 nitrogen and oxygen atoms in total. The lowest BCUT2D eigenvalue weighted by atomic mass is 10.2. The van der Waals surface area contributed by atoms with Crippen molar-refractivity contribution in [1.82, 2.24) is 0 Å². The number of aliphatic hydroxyl groups excluding tert-OH is 1. The zero-order valence-corrected chi connectivity index (χ0v) is 10.2. The van der Waals surface area contributed by atoms with Gasteiger partial charge in [0.05, 0.1) is 12.2 Å². The second-order valence-electron chi connectivity index (χ2n) is 3.66. The summed E-state index contributed by atoms with van der Waals surface area (Å²) in [5, 5.41) is 17.9. The van der Waals surface area contributed by atoms with Crippen molar-refractivity contribution in [2.24, 2.45) is 0 Å². The number of hydrogen-bond acceptors (Lipinski definition) is 3. The first-order chi connectivity index (χ1) is 8.72. The second kappa shape index (κ2) is 5.67. The van der Waals surface area contributed by atoms with E-state index in [1.54, 1.807) is 6.07 Å². The van der Waals surface area contributed by atoms with Crippen LogP contribution in [0, 0.1) is 17.1 Å². The van der Waals surface area contributed by atoms with Crippen LogP contribution in [0.2, 0.25) is 0 Å². The van der Waals surface area contributed by atoms with E-state index in [9.17, 15) is 4.39 Å².